The molecule has 2 aromatic carbocycles. The molecule has 0 saturated heterocycles. The van der Waals surface area contributed by atoms with E-state index in [1.54, 1.807) is 6.07 Å². The van der Waals surface area contributed by atoms with Gasteiger partial charge in [-0.1, -0.05) is 30.3 Å². The molecule has 0 heterocycles. The number of anilines is 2. The molecule has 19 heavy (non-hydrogen) atoms. The first kappa shape index (κ1) is 13.4. The average Bonchev–Trinajstić information content (AvgIpc) is 2.38. The van der Waals surface area contributed by atoms with Crippen molar-refractivity contribution in [3.8, 4) is 0 Å². The molecule has 2 nitrogen and oxygen atoms in total. The highest BCUT2D eigenvalue weighted by atomic mass is 19.1. The SMILES string of the molecule is Cc1cccc(N)c1N(C)C(C)c1ccccc1F. The van der Waals surface area contributed by atoms with Crippen molar-refractivity contribution in [3.63, 3.8) is 0 Å². The number of aryl methyl sites for hydroxylation is 1. The molecule has 1 atom stereocenters. The number of benzene rings is 2. The summed E-state index contributed by atoms with van der Waals surface area (Å²) in [5, 5.41) is 0. The maximum absolute atomic E-state index is 13.9. The molecule has 1 unspecified atom stereocenters. The van der Waals surface area contributed by atoms with Crippen molar-refractivity contribution in [2.45, 2.75) is 19.9 Å². The van der Waals surface area contributed by atoms with E-state index in [0.717, 1.165) is 11.3 Å². The molecular formula is C16H19FN2. The van der Waals surface area contributed by atoms with E-state index in [1.165, 1.54) is 6.07 Å². The summed E-state index contributed by atoms with van der Waals surface area (Å²) in [6.45, 7) is 3.99. The van der Waals surface area contributed by atoms with Crippen LogP contribution in [0.4, 0.5) is 15.8 Å². The lowest BCUT2D eigenvalue weighted by Crippen LogP contribution is -2.24. The second-order valence-corrected chi connectivity index (χ2v) is 4.82. The van der Waals surface area contributed by atoms with Crippen molar-refractivity contribution in [1.29, 1.82) is 0 Å². The Kier molecular flexibility index (Phi) is 3.74. The van der Waals surface area contributed by atoms with Crippen molar-refractivity contribution in [1.82, 2.24) is 0 Å². The molecule has 100 valence electrons. The number of nitrogens with zero attached hydrogens (tertiary/aromatic N) is 1. The standard InChI is InChI=1S/C16H19FN2/c1-11-7-6-10-15(18)16(11)19(3)12(2)13-8-4-5-9-14(13)17/h4-10,12H,18H2,1-3H3. The molecule has 0 amide bonds. The third kappa shape index (κ3) is 2.55. The summed E-state index contributed by atoms with van der Waals surface area (Å²) < 4.78 is 13.9. The van der Waals surface area contributed by atoms with Gasteiger partial charge in [0.25, 0.3) is 0 Å². The van der Waals surface area contributed by atoms with Crippen LogP contribution in [0.1, 0.15) is 24.1 Å². The van der Waals surface area contributed by atoms with Crippen molar-refractivity contribution >= 4 is 11.4 Å². The normalized spacial score (nSPS) is 12.2. The molecule has 0 radical (unpaired) electrons. The van der Waals surface area contributed by atoms with E-state index >= 15 is 0 Å². The van der Waals surface area contributed by atoms with E-state index in [1.807, 2.05) is 56.1 Å². The minimum atomic E-state index is -0.186. The number of halogens is 1. The van der Waals surface area contributed by atoms with Gasteiger partial charge in [0.1, 0.15) is 5.82 Å². The summed E-state index contributed by atoms with van der Waals surface area (Å²) in [4.78, 5) is 2.02. The van der Waals surface area contributed by atoms with E-state index in [-0.39, 0.29) is 11.9 Å². The van der Waals surface area contributed by atoms with Gasteiger partial charge in [0.05, 0.1) is 17.4 Å². The Balaban J connectivity index is 2.39. The summed E-state index contributed by atoms with van der Waals surface area (Å²) >= 11 is 0. The lowest BCUT2D eigenvalue weighted by Gasteiger charge is -2.30. The second kappa shape index (κ2) is 5.31. The fraction of sp³-hybridized carbons (Fsp3) is 0.250. The Morgan fingerprint density at radius 1 is 1.11 bits per heavy atom. The summed E-state index contributed by atoms with van der Waals surface area (Å²) in [5.41, 5.74) is 9.47. The van der Waals surface area contributed by atoms with E-state index < -0.39 is 0 Å². The van der Waals surface area contributed by atoms with Crippen LogP contribution in [-0.4, -0.2) is 7.05 Å². The van der Waals surface area contributed by atoms with Crippen molar-refractivity contribution < 1.29 is 4.39 Å². The van der Waals surface area contributed by atoms with E-state index in [2.05, 4.69) is 0 Å². The van der Waals surface area contributed by atoms with Crippen LogP contribution in [0.25, 0.3) is 0 Å². The summed E-state index contributed by atoms with van der Waals surface area (Å²) in [7, 11) is 1.94. The third-order valence-corrected chi connectivity index (χ3v) is 3.56. The Bertz CT molecular complexity index is 560. The average molecular weight is 258 g/mol. The molecular weight excluding hydrogens is 239 g/mol. The van der Waals surface area contributed by atoms with Crippen LogP contribution in [0.3, 0.4) is 0 Å². The highest BCUT2D eigenvalue weighted by Crippen LogP contribution is 2.33. The van der Waals surface area contributed by atoms with E-state index in [4.69, 9.17) is 5.73 Å². The van der Waals surface area contributed by atoms with E-state index in [0.29, 0.717) is 11.3 Å². The van der Waals surface area contributed by atoms with Gasteiger partial charge in [-0.25, -0.2) is 4.39 Å². The van der Waals surface area contributed by atoms with Gasteiger partial charge in [-0.2, -0.15) is 0 Å². The molecule has 0 saturated carbocycles. The minimum absolute atomic E-state index is 0.0791. The molecule has 0 aliphatic heterocycles. The Labute approximate surface area is 113 Å². The minimum Gasteiger partial charge on any atom is -0.397 e. The van der Waals surface area contributed by atoms with Gasteiger partial charge >= 0.3 is 0 Å². The number of para-hydroxylation sites is 1. The Hall–Kier alpha value is -2.03. The van der Waals surface area contributed by atoms with E-state index in [9.17, 15) is 4.39 Å². The number of nitrogen functional groups attached to an aromatic ring is 1. The lowest BCUT2D eigenvalue weighted by molar-refractivity contribution is 0.585. The first-order valence-corrected chi connectivity index (χ1v) is 6.34. The van der Waals surface area contributed by atoms with Crippen LogP contribution in [0, 0.1) is 12.7 Å². The maximum atomic E-state index is 13.9. The molecule has 0 aliphatic rings. The monoisotopic (exact) mass is 258 g/mol. The molecule has 3 heteroatoms. The van der Waals surface area contributed by atoms with Gasteiger partial charge in [-0.15, -0.1) is 0 Å². The van der Waals surface area contributed by atoms with Crippen LogP contribution in [0.15, 0.2) is 42.5 Å². The summed E-state index contributed by atoms with van der Waals surface area (Å²) in [5.74, 6) is -0.186. The topological polar surface area (TPSA) is 29.3 Å². The van der Waals surface area contributed by atoms with Gasteiger partial charge in [-0.05, 0) is 31.5 Å². The first-order valence-electron chi connectivity index (χ1n) is 6.34. The van der Waals surface area contributed by atoms with Gasteiger partial charge in [-0.3, -0.25) is 0 Å². The largest absolute Gasteiger partial charge is 0.397 e. The molecule has 0 aliphatic carbocycles. The summed E-state index contributed by atoms with van der Waals surface area (Å²) in [6, 6.07) is 12.6. The summed E-state index contributed by atoms with van der Waals surface area (Å²) in [6.07, 6.45) is 0. The van der Waals surface area contributed by atoms with Crippen LogP contribution in [0.5, 0.6) is 0 Å². The van der Waals surface area contributed by atoms with Crippen LogP contribution in [0.2, 0.25) is 0 Å². The smallest absolute Gasteiger partial charge is 0.128 e. The van der Waals surface area contributed by atoms with Crippen LogP contribution < -0.4 is 10.6 Å². The highest BCUT2D eigenvalue weighted by Gasteiger charge is 2.18. The number of nitrogens with two attached hydrogens (primary N) is 1. The highest BCUT2D eigenvalue weighted by molar-refractivity contribution is 5.71. The molecule has 0 spiro atoms. The molecule has 0 aromatic heterocycles. The number of rotatable bonds is 3. The van der Waals surface area contributed by atoms with Crippen LogP contribution in [-0.2, 0) is 0 Å². The van der Waals surface area contributed by atoms with Crippen molar-refractivity contribution in [3.05, 3.63) is 59.4 Å². The zero-order valence-electron chi connectivity index (χ0n) is 11.5. The van der Waals surface area contributed by atoms with Crippen molar-refractivity contribution in [2.75, 3.05) is 17.7 Å². The van der Waals surface area contributed by atoms with Crippen LogP contribution >= 0.6 is 0 Å². The lowest BCUT2D eigenvalue weighted by atomic mass is 10.0. The van der Waals surface area contributed by atoms with Gasteiger partial charge in [0.2, 0.25) is 0 Å². The fourth-order valence-electron chi connectivity index (χ4n) is 2.38. The zero-order chi connectivity index (χ0) is 14.0. The van der Waals surface area contributed by atoms with Crippen molar-refractivity contribution in [2.24, 2.45) is 0 Å². The third-order valence-electron chi connectivity index (χ3n) is 3.56. The predicted molar refractivity (Wildman–Crippen MR) is 78.8 cm³/mol. The number of hydrogen-bond acceptors (Lipinski definition) is 2. The molecule has 0 bridgehead atoms. The van der Waals surface area contributed by atoms with Gasteiger partial charge in [0.15, 0.2) is 0 Å². The zero-order valence-corrected chi connectivity index (χ0v) is 11.5. The maximum Gasteiger partial charge on any atom is 0.128 e. The predicted octanol–water partition coefficient (Wildman–Crippen LogP) is 3.91. The molecule has 2 aromatic rings. The first-order chi connectivity index (χ1) is 9.02. The van der Waals surface area contributed by atoms with Gasteiger partial charge in [0, 0.05) is 12.6 Å². The second-order valence-electron chi connectivity index (χ2n) is 4.82. The Morgan fingerprint density at radius 2 is 1.79 bits per heavy atom. The molecule has 0 fully saturated rings. The number of hydrogen-bond donors (Lipinski definition) is 1. The Morgan fingerprint density at radius 3 is 2.42 bits per heavy atom. The quantitative estimate of drug-likeness (QED) is 0.846. The molecule has 2 N–H and O–H groups in total. The van der Waals surface area contributed by atoms with Gasteiger partial charge < -0.3 is 10.6 Å². The fourth-order valence-corrected chi connectivity index (χ4v) is 2.38. The molecule has 2 rings (SSSR count).